The summed E-state index contributed by atoms with van der Waals surface area (Å²) in [4.78, 5) is 2.51. The second-order valence-electron chi connectivity index (χ2n) is 4.86. The van der Waals surface area contributed by atoms with Crippen molar-refractivity contribution in [3.05, 3.63) is 0 Å². The van der Waals surface area contributed by atoms with Crippen LogP contribution in [0.25, 0.3) is 0 Å². The highest BCUT2D eigenvalue weighted by atomic mass is 15.1. The van der Waals surface area contributed by atoms with E-state index in [4.69, 9.17) is 5.73 Å². The summed E-state index contributed by atoms with van der Waals surface area (Å²) in [5.41, 5.74) is 6.06. The molecule has 2 nitrogen and oxygen atoms in total. The molecule has 2 rings (SSSR count). The third-order valence-corrected chi connectivity index (χ3v) is 3.74. The second-order valence-corrected chi connectivity index (χ2v) is 4.86. The SMILES string of the molecule is CN(CCC(N)C1CC1)C1CCC1. The zero-order valence-corrected chi connectivity index (χ0v) is 8.71. The Morgan fingerprint density at radius 1 is 1.31 bits per heavy atom. The molecule has 13 heavy (non-hydrogen) atoms. The molecular formula is C11H22N2. The maximum Gasteiger partial charge on any atom is 0.00922 e. The minimum atomic E-state index is 0.488. The van der Waals surface area contributed by atoms with Crippen molar-refractivity contribution in [1.82, 2.24) is 4.90 Å². The lowest BCUT2D eigenvalue weighted by molar-refractivity contribution is 0.154. The van der Waals surface area contributed by atoms with Crippen molar-refractivity contribution in [2.45, 2.75) is 50.6 Å². The maximum absolute atomic E-state index is 6.06. The number of hydrogen-bond acceptors (Lipinski definition) is 2. The Hall–Kier alpha value is -0.0800. The van der Waals surface area contributed by atoms with Crippen molar-refractivity contribution >= 4 is 0 Å². The second kappa shape index (κ2) is 3.97. The Labute approximate surface area is 81.5 Å². The fraction of sp³-hybridized carbons (Fsp3) is 1.00. The topological polar surface area (TPSA) is 29.3 Å². The summed E-state index contributed by atoms with van der Waals surface area (Å²) >= 11 is 0. The van der Waals surface area contributed by atoms with Crippen LogP contribution in [0.4, 0.5) is 0 Å². The van der Waals surface area contributed by atoms with E-state index in [1.165, 1.54) is 45.1 Å². The van der Waals surface area contributed by atoms with Gasteiger partial charge < -0.3 is 10.6 Å². The first-order valence-corrected chi connectivity index (χ1v) is 5.73. The third-order valence-electron chi connectivity index (χ3n) is 3.74. The highest BCUT2D eigenvalue weighted by Crippen LogP contribution is 2.33. The monoisotopic (exact) mass is 182 g/mol. The van der Waals surface area contributed by atoms with Crippen LogP contribution in [0.15, 0.2) is 0 Å². The summed E-state index contributed by atoms with van der Waals surface area (Å²) in [5, 5.41) is 0. The lowest BCUT2D eigenvalue weighted by atomic mass is 9.91. The maximum atomic E-state index is 6.06. The predicted octanol–water partition coefficient (Wildman–Crippen LogP) is 1.60. The van der Waals surface area contributed by atoms with Gasteiger partial charge >= 0.3 is 0 Å². The van der Waals surface area contributed by atoms with Crippen molar-refractivity contribution in [2.75, 3.05) is 13.6 Å². The van der Waals surface area contributed by atoms with Gasteiger partial charge in [0.2, 0.25) is 0 Å². The molecule has 2 fully saturated rings. The Bertz CT molecular complexity index is 161. The Balaban J connectivity index is 1.60. The fourth-order valence-electron chi connectivity index (χ4n) is 2.12. The minimum Gasteiger partial charge on any atom is -0.327 e. The molecule has 0 amide bonds. The van der Waals surface area contributed by atoms with E-state index < -0.39 is 0 Å². The summed E-state index contributed by atoms with van der Waals surface area (Å²) in [6.07, 6.45) is 8.23. The molecule has 0 aromatic heterocycles. The van der Waals surface area contributed by atoms with Gasteiger partial charge in [-0.1, -0.05) is 6.42 Å². The molecule has 2 heteroatoms. The Kier molecular flexibility index (Phi) is 2.89. The van der Waals surface area contributed by atoms with E-state index in [0.29, 0.717) is 6.04 Å². The van der Waals surface area contributed by atoms with Gasteiger partial charge in [0, 0.05) is 12.1 Å². The summed E-state index contributed by atoms with van der Waals surface area (Å²) in [6, 6.07) is 1.37. The van der Waals surface area contributed by atoms with Gasteiger partial charge in [-0.05, 0) is 51.6 Å². The Morgan fingerprint density at radius 3 is 2.46 bits per heavy atom. The van der Waals surface area contributed by atoms with E-state index in [-0.39, 0.29) is 0 Å². The highest BCUT2D eigenvalue weighted by Gasteiger charge is 2.29. The van der Waals surface area contributed by atoms with Crippen LogP contribution >= 0.6 is 0 Å². The number of rotatable bonds is 5. The lowest BCUT2D eigenvalue weighted by Crippen LogP contribution is -2.39. The molecule has 0 saturated heterocycles. The zero-order valence-electron chi connectivity index (χ0n) is 8.71. The summed E-state index contributed by atoms with van der Waals surface area (Å²) in [6.45, 7) is 1.21. The number of hydrogen-bond donors (Lipinski definition) is 1. The standard InChI is InChI=1S/C11H22N2/c1-13(10-3-2-4-10)8-7-11(12)9-5-6-9/h9-11H,2-8,12H2,1H3. The molecule has 76 valence electrons. The molecule has 1 atom stereocenters. The first kappa shape index (κ1) is 9.47. The largest absolute Gasteiger partial charge is 0.327 e. The lowest BCUT2D eigenvalue weighted by Gasteiger charge is -2.35. The van der Waals surface area contributed by atoms with Crippen LogP contribution in [-0.4, -0.2) is 30.6 Å². The summed E-state index contributed by atoms with van der Waals surface area (Å²) in [7, 11) is 2.25. The normalized spacial score (nSPS) is 26.1. The molecule has 0 radical (unpaired) electrons. The van der Waals surface area contributed by atoms with E-state index in [0.717, 1.165) is 12.0 Å². The van der Waals surface area contributed by atoms with E-state index in [2.05, 4.69) is 11.9 Å². The molecular weight excluding hydrogens is 160 g/mol. The molecule has 0 aliphatic heterocycles. The van der Waals surface area contributed by atoms with Crippen molar-refractivity contribution in [3.8, 4) is 0 Å². The van der Waals surface area contributed by atoms with Gasteiger partial charge in [0.1, 0.15) is 0 Å². The smallest absolute Gasteiger partial charge is 0.00922 e. The number of nitrogens with two attached hydrogens (primary N) is 1. The summed E-state index contributed by atoms with van der Waals surface area (Å²) in [5.74, 6) is 0.870. The van der Waals surface area contributed by atoms with Crippen LogP contribution < -0.4 is 5.73 Å². The molecule has 2 aliphatic carbocycles. The van der Waals surface area contributed by atoms with Crippen LogP contribution in [0.5, 0.6) is 0 Å². The third kappa shape index (κ3) is 2.44. The minimum absolute atomic E-state index is 0.488. The van der Waals surface area contributed by atoms with E-state index in [9.17, 15) is 0 Å². The molecule has 1 unspecified atom stereocenters. The molecule has 2 aliphatic rings. The van der Waals surface area contributed by atoms with Gasteiger partial charge in [0.25, 0.3) is 0 Å². The average molecular weight is 182 g/mol. The van der Waals surface area contributed by atoms with Crippen LogP contribution in [0.3, 0.4) is 0 Å². The van der Waals surface area contributed by atoms with Crippen LogP contribution in [0.1, 0.15) is 38.5 Å². The number of nitrogens with zero attached hydrogens (tertiary/aromatic N) is 1. The van der Waals surface area contributed by atoms with Crippen LogP contribution in [-0.2, 0) is 0 Å². The summed E-state index contributed by atoms with van der Waals surface area (Å²) < 4.78 is 0. The molecule has 2 saturated carbocycles. The molecule has 0 bridgehead atoms. The van der Waals surface area contributed by atoms with E-state index >= 15 is 0 Å². The molecule has 2 N–H and O–H groups in total. The van der Waals surface area contributed by atoms with Gasteiger partial charge in [-0.3, -0.25) is 0 Å². The first-order chi connectivity index (χ1) is 6.27. The van der Waals surface area contributed by atoms with Crippen molar-refractivity contribution in [2.24, 2.45) is 11.7 Å². The fourth-order valence-corrected chi connectivity index (χ4v) is 2.12. The zero-order chi connectivity index (χ0) is 9.26. The van der Waals surface area contributed by atoms with Crippen molar-refractivity contribution < 1.29 is 0 Å². The van der Waals surface area contributed by atoms with Gasteiger partial charge in [-0.15, -0.1) is 0 Å². The van der Waals surface area contributed by atoms with Gasteiger partial charge in [0.05, 0.1) is 0 Å². The van der Waals surface area contributed by atoms with Gasteiger partial charge in [-0.25, -0.2) is 0 Å². The average Bonchev–Trinajstić information content (AvgIpc) is 2.78. The molecule has 0 spiro atoms. The van der Waals surface area contributed by atoms with Crippen LogP contribution in [0.2, 0.25) is 0 Å². The first-order valence-electron chi connectivity index (χ1n) is 5.73. The van der Waals surface area contributed by atoms with E-state index in [1.807, 2.05) is 0 Å². The Morgan fingerprint density at radius 2 is 2.00 bits per heavy atom. The molecule has 0 heterocycles. The van der Waals surface area contributed by atoms with Crippen LogP contribution in [0, 0.1) is 5.92 Å². The van der Waals surface area contributed by atoms with Gasteiger partial charge in [-0.2, -0.15) is 0 Å². The van der Waals surface area contributed by atoms with Gasteiger partial charge in [0.15, 0.2) is 0 Å². The quantitative estimate of drug-likeness (QED) is 0.699. The van der Waals surface area contributed by atoms with E-state index in [1.54, 1.807) is 0 Å². The predicted molar refractivity (Wildman–Crippen MR) is 55.6 cm³/mol. The molecule has 0 aromatic carbocycles. The van der Waals surface area contributed by atoms with Crippen molar-refractivity contribution in [1.29, 1.82) is 0 Å². The van der Waals surface area contributed by atoms with Crippen molar-refractivity contribution in [3.63, 3.8) is 0 Å². The molecule has 0 aromatic rings. The highest BCUT2D eigenvalue weighted by molar-refractivity contribution is 4.85.